The molecule has 1 saturated heterocycles. The molecule has 0 aromatic carbocycles. The molecule has 0 aliphatic carbocycles. The number of esters is 1. The van der Waals surface area contributed by atoms with Gasteiger partial charge in [-0.25, -0.2) is 4.98 Å². The van der Waals surface area contributed by atoms with Gasteiger partial charge >= 0.3 is 5.97 Å². The fourth-order valence-electron chi connectivity index (χ4n) is 1.77. The molecule has 1 aliphatic heterocycles. The highest BCUT2D eigenvalue weighted by molar-refractivity contribution is 5.75. The molecule has 0 saturated carbocycles. The number of nitrogens with two attached hydrogens (primary N) is 1. The van der Waals surface area contributed by atoms with Crippen molar-refractivity contribution in [3.05, 3.63) is 18.2 Å². The molecule has 1 aromatic rings. The van der Waals surface area contributed by atoms with E-state index in [2.05, 4.69) is 9.97 Å². The molecule has 1 unspecified atom stereocenters. The zero-order valence-corrected chi connectivity index (χ0v) is 9.59. The number of aromatic amines is 1. The molecular weight excluding hydrogens is 222 g/mol. The maximum Gasteiger partial charge on any atom is 0.323 e. The lowest BCUT2D eigenvalue weighted by Gasteiger charge is -2.13. The van der Waals surface area contributed by atoms with Crippen LogP contribution in [0.15, 0.2) is 12.5 Å². The number of carbonyl (C=O) groups is 1. The van der Waals surface area contributed by atoms with Crippen molar-refractivity contribution in [1.29, 1.82) is 0 Å². The summed E-state index contributed by atoms with van der Waals surface area (Å²) in [6.45, 7) is 1.05. The molecule has 2 rings (SSSR count). The van der Waals surface area contributed by atoms with Crippen molar-refractivity contribution in [1.82, 2.24) is 9.97 Å². The van der Waals surface area contributed by atoms with Crippen molar-refractivity contribution in [2.45, 2.75) is 31.4 Å². The van der Waals surface area contributed by atoms with Crippen molar-refractivity contribution in [3.8, 4) is 0 Å². The lowest BCUT2D eigenvalue weighted by Crippen LogP contribution is -2.36. The molecule has 1 aromatic heterocycles. The molecule has 2 heterocycles. The molecule has 6 heteroatoms. The van der Waals surface area contributed by atoms with Crippen molar-refractivity contribution >= 4 is 5.97 Å². The number of ether oxygens (including phenoxy) is 2. The van der Waals surface area contributed by atoms with E-state index in [1.54, 1.807) is 12.5 Å². The number of hydrogen-bond donors (Lipinski definition) is 2. The third-order valence-electron chi connectivity index (χ3n) is 2.73. The molecule has 6 nitrogen and oxygen atoms in total. The summed E-state index contributed by atoms with van der Waals surface area (Å²) in [7, 11) is 0. The fourth-order valence-corrected chi connectivity index (χ4v) is 1.77. The Kier molecular flexibility index (Phi) is 4.11. The summed E-state index contributed by atoms with van der Waals surface area (Å²) < 4.78 is 10.5. The van der Waals surface area contributed by atoms with Crippen LogP contribution < -0.4 is 5.73 Å². The monoisotopic (exact) mass is 239 g/mol. The first-order valence-corrected chi connectivity index (χ1v) is 5.77. The molecule has 3 N–H and O–H groups in total. The molecule has 0 bridgehead atoms. The highest BCUT2D eigenvalue weighted by Crippen LogP contribution is 2.12. The van der Waals surface area contributed by atoms with Crippen molar-refractivity contribution in [2.75, 3.05) is 13.2 Å². The predicted molar refractivity (Wildman–Crippen MR) is 60.2 cm³/mol. The lowest BCUT2D eigenvalue weighted by molar-refractivity contribution is -0.148. The van der Waals surface area contributed by atoms with Crippen LogP contribution in [0.3, 0.4) is 0 Å². The van der Waals surface area contributed by atoms with Crippen LogP contribution in [0.5, 0.6) is 0 Å². The number of aromatic nitrogens is 2. The fraction of sp³-hybridized carbons (Fsp3) is 0.636. The summed E-state index contributed by atoms with van der Waals surface area (Å²) in [6, 6.07) is -0.656. The first-order valence-electron chi connectivity index (χ1n) is 5.77. The third kappa shape index (κ3) is 3.54. The lowest BCUT2D eigenvalue weighted by atomic mass is 10.2. The van der Waals surface area contributed by atoms with E-state index in [0.717, 1.165) is 25.1 Å². The number of rotatable bonds is 5. The normalized spacial score (nSPS) is 21.4. The molecule has 1 fully saturated rings. The van der Waals surface area contributed by atoms with E-state index in [4.69, 9.17) is 15.2 Å². The highest BCUT2D eigenvalue weighted by Gasteiger charge is 2.21. The van der Waals surface area contributed by atoms with Gasteiger partial charge < -0.3 is 20.2 Å². The van der Waals surface area contributed by atoms with E-state index in [0.29, 0.717) is 13.0 Å². The van der Waals surface area contributed by atoms with Crippen LogP contribution in [-0.4, -0.2) is 41.3 Å². The van der Waals surface area contributed by atoms with Gasteiger partial charge in [0, 0.05) is 24.9 Å². The second kappa shape index (κ2) is 5.79. The average Bonchev–Trinajstić information content (AvgIpc) is 2.98. The minimum atomic E-state index is -0.656. The van der Waals surface area contributed by atoms with Gasteiger partial charge in [0.2, 0.25) is 0 Å². The molecule has 17 heavy (non-hydrogen) atoms. The first-order chi connectivity index (χ1) is 8.25. The maximum absolute atomic E-state index is 11.6. The molecule has 2 atom stereocenters. The van der Waals surface area contributed by atoms with Gasteiger partial charge in [-0.05, 0) is 12.8 Å². The minimum Gasteiger partial charge on any atom is -0.462 e. The maximum atomic E-state index is 11.6. The van der Waals surface area contributed by atoms with E-state index in [9.17, 15) is 4.79 Å². The van der Waals surface area contributed by atoms with Gasteiger partial charge in [-0.15, -0.1) is 0 Å². The Hall–Kier alpha value is -1.40. The highest BCUT2D eigenvalue weighted by atomic mass is 16.6. The first kappa shape index (κ1) is 12.1. The average molecular weight is 239 g/mol. The Morgan fingerprint density at radius 3 is 3.29 bits per heavy atom. The Morgan fingerprint density at radius 2 is 2.65 bits per heavy atom. The number of carbonyl (C=O) groups excluding carboxylic acids is 1. The topological polar surface area (TPSA) is 90.2 Å². The second-order valence-electron chi connectivity index (χ2n) is 4.15. The van der Waals surface area contributed by atoms with Gasteiger partial charge in [0.05, 0.1) is 12.4 Å². The Balaban J connectivity index is 1.71. The van der Waals surface area contributed by atoms with Gasteiger partial charge in [-0.1, -0.05) is 0 Å². The summed E-state index contributed by atoms with van der Waals surface area (Å²) in [5.74, 6) is -0.393. The van der Waals surface area contributed by atoms with Crippen LogP contribution in [0.4, 0.5) is 0 Å². The van der Waals surface area contributed by atoms with E-state index in [-0.39, 0.29) is 6.10 Å². The van der Waals surface area contributed by atoms with E-state index in [1.807, 2.05) is 0 Å². The zero-order valence-electron chi connectivity index (χ0n) is 9.59. The van der Waals surface area contributed by atoms with E-state index >= 15 is 0 Å². The van der Waals surface area contributed by atoms with Crippen LogP contribution in [0, 0.1) is 0 Å². The number of nitrogens with one attached hydrogen (secondary N) is 1. The SMILES string of the molecule is N[C@H](Cc1cnc[nH]1)C(=O)OCC1CCCO1. The predicted octanol–water partition coefficient (Wildman–Crippen LogP) is 0.00170. The van der Waals surface area contributed by atoms with E-state index < -0.39 is 12.0 Å². The molecular formula is C11H17N3O3. The summed E-state index contributed by atoms with van der Waals surface area (Å²) in [5, 5.41) is 0. The number of imidazole rings is 1. The molecule has 0 radical (unpaired) electrons. The Bertz CT molecular complexity index is 347. The largest absolute Gasteiger partial charge is 0.462 e. The molecule has 0 amide bonds. The van der Waals surface area contributed by atoms with Crippen molar-refractivity contribution in [2.24, 2.45) is 5.73 Å². The van der Waals surface area contributed by atoms with Gasteiger partial charge in [-0.2, -0.15) is 0 Å². The smallest absolute Gasteiger partial charge is 0.323 e. The number of H-pyrrole nitrogens is 1. The quantitative estimate of drug-likeness (QED) is 0.706. The van der Waals surface area contributed by atoms with E-state index in [1.165, 1.54) is 0 Å². The van der Waals surface area contributed by atoms with Crippen LogP contribution in [0.25, 0.3) is 0 Å². The van der Waals surface area contributed by atoms with Crippen LogP contribution in [0.1, 0.15) is 18.5 Å². The van der Waals surface area contributed by atoms with Gasteiger partial charge in [-0.3, -0.25) is 4.79 Å². The molecule has 1 aliphatic rings. The Labute approximate surface area is 99.5 Å². The summed E-state index contributed by atoms with van der Waals surface area (Å²) in [4.78, 5) is 18.3. The zero-order chi connectivity index (χ0) is 12.1. The van der Waals surface area contributed by atoms with Crippen LogP contribution in [0.2, 0.25) is 0 Å². The standard InChI is InChI=1S/C11H17N3O3/c12-10(4-8-5-13-7-14-8)11(15)17-6-9-2-1-3-16-9/h5,7,9-10H,1-4,6,12H2,(H,13,14)/t9?,10-/m1/s1. The van der Waals surface area contributed by atoms with Crippen LogP contribution >= 0.6 is 0 Å². The minimum absolute atomic E-state index is 0.0401. The van der Waals surface area contributed by atoms with Gasteiger partial charge in [0.25, 0.3) is 0 Å². The van der Waals surface area contributed by atoms with Gasteiger partial charge in [0.1, 0.15) is 12.6 Å². The van der Waals surface area contributed by atoms with Crippen molar-refractivity contribution < 1.29 is 14.3 Å². The molecule has 94 valence electrons. The van der Waals surface area contributed by atoms with Crippen LogP contribution in [-0.2, 0) is 20.7 Å². The second-order valence-corrected chi connectivity index (χ2v) is 4.15. The summed E-state index contributed by atoms with van der Waals surface area (Å²) >= 11 is 0. The van der Waals surface area contributed by atoms with Gasteiger partial charge in [0.15, 0.2) is 0 Å². The number of nitrogens with zero attached hydrogens (tertiary/aromatic N) is 1. The third-order valence-corrected chi connectivity index (χ3v) is 2.73. The molecule has 0 spiro atoms. The summed E-state index contributed by atoms with van der Waals surface area (Å²) in [6.07, 6.45) is 5.63. The Morgan fingerprint density at radius 1 is 1.76 bits per heavy atom. The van der Waals surface area contributed by atoms with Crippen molar-refractivity contribution in [3.63, 3.8) is 0 Å². The number of hydrogen-bond acceptors (Lipinski definition) is 5. The summed E-state index contributed by atoms with van der Waals surface area (Å²) in [5.41, 5.74) is 6.56.